The van der Waals surface area contributed by atoms with Gasteiger partial charge in [-0.15, -0.1) is 23.7 Å². The fourth-order valence-corrected chi connectivity index (χ4v) is 5.11. The molecule has 0 aliphatic heterocycles. The van der Waals surface area contributed by atoms with Gasteiger partial charge >= 0.3 is 99.2 Å². The van der Waals surface area contributed by atoms with Gasteiger partial charge in [-0.3, -0.25) is 4.79 Å². The largest absolute Gasteiger partial charge is 0.398 e. The molecule has 1 atom stereocenters. The molecule has 0 saturated heterocycles. The first-order chi connectivity index (χ1) is 13.2. The van der Waals surface area contributed by atoms with E-state index in [1.807, 2.05) is 5.48 Å². The SMILES string of the molecule is CC(=O)NO[As](=O)(OO)c1ccccc1Cl.CO/N=C(\C(=O)Cl)c1cscn1.Cl. The van der Waals surface area contributed by atoms with Crippen LogP contribution in [0.25, 0.3) is 0 Å². The number of carbonyl (C=O) groups is 2. The van der Waals surface area contributed by atoms with Gasteiger partial charge in [-0.25, -0.2) is 4.98 Å². The average molecular weight is 551 g/mol. The van der Waals surface area contributed by atoms with Crippen molar-refractivity contribution in [2.24, 2.45) is 5.16 Å². The molecule has 0 aliphatic carbocycles. The molecule has 0 aliphatic rings. The zero-order valence-electron chi connectivity index (χ0n) is 14.8. The standard InChI is InChI=1S/C8H9AsClNO5.C6H5ClN2O2S.ClH/c1-6(12)11-15-9(13,16-14)7-4-2-3-5-8(7)10;1-11-9-5(6(7)10)4-2-12-3-8-4;/h2-5,14H,1H3,(H,11,12);2-3H,1H3;1H/b;9-5-;. The summed E-state index contributed by atoms with van der Waals surface area (Å²) in [6.45, 7) is 1.16. The van der Waals surface area contributed by atoms with Crippen molar-refractivity contribution >= 4 is 82.3 Å². The minimum absolute atomic E-state index is 0. The van der Waals surface area contributed by atoms with Gasteiger partial charge in [0.25, 0.3) is 5.24 Å². The second-order valence-corrected chi connectivity index (χ2v) is 9.84. The van der Waals surface area contributed by atoms with Gasteiger partial charge in [0, 0.05) is 5.38 Å². The molecule has 0 spiro atoms. The summed E-state index contributed by atoms with van der Waals surface area (Å²) in [4.78, 5) is 29.7. The van der Waals surface area contributed by atoms with Gasteiger partial charge in [0.15, 0.2) is 5.71 Å². The number of halogens is 3. The number of hydrogen-bond donors (Lipinski definition) is 2. The summed E-state index contributed by atoms with van der Waals surface area (Å²) in [7, 11) is 1.34. The Morgan fingerprint density at radius 1 is 1.34 bits per heavy atom. The molecule has 1 unspecified atom stereocenters. The summed E-state index contributed by atoms with van der Waals surface area (Å²) >= 11 is 7.61. The number of oxime groups is 1. The van der Waals surface area contributed by atoms with Gasteiger partial charge in [0.1, 0.15) is 12.8 Å². The first-order valence-corrected chi connectivity index (χ1v) is 12.0. The van der Waals surface area contributed by atoms with Crippen LogP contribution in [0, 0.1) is 0 Å². The Balaban J connectivity index is 0.000000542. The van der Waals surface area contributed by atoms with E-state index in [-0.39, 0.29) is 27.5 Å². The second-order valence-electron chi connectivity index (χ2n) is 4.55. The van der Waals surface area contributed by atoms with Gasteiger partial charge < -0.3 is 4.84 Å². The first-order valence-electron chi connectivity index (χ1n) is 7.08. The van der Waals surface area contributed by atoms with E-state index in [1.54, 1.807) is 23.0 Å². The van der Waals surface area contributed by atoms with Crippen molar-refractivity contribution in [1.82, 2.24) is 10.5 Å². The maximum absolute atomic E-state index is 12.0. The zero-order valence-corrected chi connectivity index (χ0v) is 19.8. The molecule has 0 radical (unpaired) electrons. The summed E-state index contributed by atoms with van der Waals surface area (Å²) in [6, 6.07) is 5.99. The van der Waals surface area contributed by atoms with Crippen LogP contribution in [0.1, 0.15) is 12.6 Å². The van der Waals surface area contributed by atoms with Crippen molar-refractivity contribution in [2.75, 3.05) is 7.11 Å². The number of rotatable bonds is 7. The number of aromatic nitrogens is 1. The Morgan fingerprint density at radius 3 is 2.45 bits per heavy atom. The van der Waals surface area contributed by atoms with E-state index in [0.29, 0.717) is 5.69 Å². The van der Waals surface area contributed by atoms with Crippen LogP contribution in [0.2, 0.25) is 5.02 Å². The number of hydroxylamine groups is 1. The van der Waals surface area contributed by atoms with Crippen LogP contribution in [0.4, 0.5) is 0 Å². The molecule has 0 fully saturated rings. The van der Waals surface area contributed by atoms with E-state index < -0.39 is 25.3 Å². The first kappa shape index (κ1) is 27.6. The predicted molar refractivity (Wildman–Crippen MR) is 110 cm³/mol. The third-order valence-corrected chi connectivity index (χ3v) is 7.19. The van der Waals surface area contributed by atoms with Crippen LogP contribution < -0.4 is 9.83 Å². The fourth-order valence-electron chi connectivity index (χ4n) is 1.51. The minimum atomic E-state index is -4.74. The third kappa shape index (κ3) is 8.85. The second kappa shape index (κ2) is 13.7. The number of hydrogen-bond acceptors (Lipinski definition) is 10. The smallest absolute Gasteiger partial charge is 0.276 e. The van der Waals surface area contributed by atoms with Gasteiger partial charge in [0.2, 0.25) is 0 Å². The Morgan fingerprint density at radius 2 is 2.00 bits per heavy atom. The van der Waals surface area contributed by atoms with Crippen LogP contribution in [-0.2, 0) is 25.9 Å². The number of nitrogens with one attached hydrogen (secondary N) is 1. The van der Waals surface area contributed by atoms with Crippen LogP contribution in [-0.4, -0.2) is 48.4 Å². The summed E-state index contributed by atoms with van der Waals surface area (Å²) in [5, 5.41) is 13.2. The molecule has 0 bridgehead atoms. The topological polar surface area (TPSA) is 136 Å². The summed E-state index contributed by atoms with van der Waals surface area (Å²) in [5.74, 6) is -0.578. The van der Waals surface area contributed by atoms with E-state index in [1.165, 1.54) is 30.6 Å². The summed E-state index contributed by atoms with van der Waals surface area (Å²) in [6.07, 6.45) is 0. The molecule has 15 heteroatoms. The quantitative estimate of drug-likeness (QED) is 0.176. The van der Waals surface area contributed by atoms with Crippen LogP contribution in [0.5, 0.6) is 0 Å². The van der Waals surface area contributed by atoms with Gasteiger partial charge in [-0.2, -0.15) is 0 Å². The Labute approximate surface area is 188 Å². The van der Waals surface area contributed by atoms with Crippen molar-refractivity contribution in [3.63, 3.8) is 0 Å². The molecule has 1 aromatic heterocycles. The van der Waals surface area contributed by atoms with Gasteiger partial charge in [-0.05, 0) is 11.6 Å². The fraction of sp³-hybridized carbons (Fsp3) is 0.143. The molecule has 1 heterocycles. The monoisotopic (exact) mass is 549 g/mol. The number of nitrogens with zero attached hydrogens (tertiary/aromatic N) is 2. The van der Waals surface area contributed by atoms with Crippen LogP contribution in [0.3, 0.4) is 0 Å². The Hall–Kier alpha value is -1.43. The van der Waals surface area contributed by atoms with Crippen molar-refractivity contribution in [2.45, 2.75) is 6.92 Å². The van der Waals surface area contributed by atoms with Crippen LogP contribution >= 0.6 is 46.9 Å². The van der Waals surface area contributed by atoms with Crippen molar-refractivity contribution < 1.29 is 31.1 Å². The van der Waals surface area contributed by atoms with E-state index in [2.05, 4.69) is 22.7 Å². The maximum atomic E-state index is 12.0. The third-order valence-electron chi connectivity index (χ3n) is 2.61. The molecule has 29 heavy (non-hydrogen) atoms. The summed E-state index contributed by atoms with van der Waals surface area (Å²) in [5.41, 5.74) is 3.89. The molecule has 2 rings (SSSR count). The molecular formula is C14H15AsCl3N3O7S. The molecule has 10 nitrogen and oxygen atoms in total. The van der Waals surface area contributed by atoms with Crippen molar-refractivity contribution in [3.05, 3.63) is 45.9 Å². The van der Waals surface area contributed by atoms with Gasteiger partial charge in [0.05, 0.1) is 5.51 Å². The Bertz CT molecular complexity index is 883. The molecule has 1 aromatic carbocycles. The maximum Gasteiger partial charge on any atom is 0.276 e. The van der Waals surface area contributed by atoms with Crippen LogP contribution in [0.15, 0.2) is 40.3 Å². The van der Waals surface area contributed by atoms with Crippen molar-refractivity contribution in [1.29, 1.82) is 0 Å². The predicted octanol–water partition coefficient (Wildman–Crippen LogP) is 2.15. The number of benzene rings is 1. The number of carbonyl (C=O) groups excluding carboxylic acids is 2. The minimum Gasteiger partial charge on any atom is -0.398 e. The number of amides is 1. The van der Waals surface area contributed by atoms with Crippen molar-refractivity contribution in [3.8, 4) is 0 Å². The zero-order chi connectivity index (χ0) is 21.2. The molecule has 0 saturated carbocycles. The summed E-state index contributed by atoms with van der Waals surface area (Å²) < 4.78 is 20.4. The van der Waals surface area contributed by atoms with E-state index in [9.17, 15) is 13.3 Å². The van der Waals surface area contributed by atoms with E-state index >= 15 is 0 Å². The molecule has 2 N–H and O–H groups in total. The Kier molecular flexibility index (Phi) is 13.1. The number of thiazole rings is 1. The normalized spacial score (nSPS) is 12.5. The average Bonchev–Trinajstić information content (AvgIpc) is 3.19. The molecule has 1 amide bonds. The van der Waals surface area contributed by atoms with E-state index in [4.69, 9.17) is 28.5 Å². The molecular weight excluding hydrogens is 536 g/mol. The van der Waals surface area contributed by atoms with Gasteiger partial charge in [-0.1, -0.05) is 5.16 Å². The molecule has 160 valence electrons. The molecule has 2 aromatic rings. The van der Waals surface area contributed by atoms with E-state index in [0.717, 1.165) is 6.92 Å².